The highest BCUT2D eigenvalue weighted by molar-refractivity contribution is 6.00. The molecular formula is C13H22N2O3. The molecule has 0 radical (unpaired) electrons. The maximum Gasteiger partial charge on any atom is 0.324 e. The van der Waals surface area contributed by atoms with Gasteiger partial charge in [0.25, 0.3) is 0 Å². The lowest BCUT2D eigenvalue weighted by Gasteiger charge is -2.43. The fourth-order valence-electron chi connectivity index (χ4n) is 2.02. The summed E-state index contributed by atoms with van der Waals surface area (Å²) < 4.78 is 0. The summed E-state index contributed by atoms with van der Waals surface area (Å²) in [5.41, 5.74) is -0.582. The molecule has 0 aliphatic carbocycles. The summed E-state index contributed by atoms with van der Waals surface area (Å²) in [6.07, 6.45) is 2.17. The van der Waals surface area contributed by atoms with Gasteiger partial charge in [-0.15, -0.1) is 0 Å². The predicted molar refractivity (Wildman–Crippen MR) is 67.9 cm³/mol. The third kappa shape index (κ3) is 2.89. The van der Waals surface area contributed by atoms with E-state index in [1.54, 1.807) is 4.90 Å². The Bertz CT molecular complexity index is 352. The van der Waals surface area contributed by atoms with Crippen molar-refractivity contribution in [2.75, 3.05) is 6.54 Å². The number of aldehydes is 1. The molecule has 1 aliphatic heterocycles. The van der Waals surface area contributed by atoms with Crippen LogP contribution >= 0.6 is 0 Å². The zero-order chi connectivity index (χ0) is 13.9. The van der Waals surface area contributed by atoms with E-state index in [-0.39, 0.29) is 23.9 Å². The fraction of sp³-hybridized carbons (Fsp3) is 0.769. The number of imide groups is 1. The number of nitrogens with one attached hydrogen (secondary N) is 1. The van der Waals surface area contributed by atoms with Crippen molar-refractivity contribution in [1.29, 1.82) is 0 Å². The smallest absolute Gasteiger partial charge is 0.321 e. The van der Waals surface area contributed by atoms with Crippen molar-refractivity contribution >= 4 is 18.2 Å². The zero-order valence-corrected chi connectivity index (χ0v) is 11.5. The molecule has 5 heteroatoms. The number of amides is 3. The van der Waals surface area contributed by atoms with E-state index in [0.29, 0.717) is 13.0 Å². The highest BCUT2D eigenvalue weighted by Crippen LogP contribution is 2.29. The lowest BCUT2D eigenvalue weighted by atomic mass is 9.81. The van der Waals surface area contributed by atoms with Crippen LogP contribution in [0.3, 0.4) is 0 Å². The molecule has 102 valence electrons. The number of urea groups is 1. The molecule has 1 rings (SSSR count). The van der Waals surface area contributed by atoms with Gasteiger partial charge in [0, 0.05) is 19.0 Å². The van der Waals surface area contributed by atoms with Crippen LogP contribution in [0, 0.1) is 11.3 Å². The van der Waals surface area contributed by atoms with Gasteiger partial charge in [-0.25, -0.2) is 4.79 Å². The van der Waals surface area contributed by atoms with Crippen LogP contribution in [0.5, 0.6) is 0 Å². The molecule has 1 aliphatic rings. The molecule has 0 saturated carbocycles. The van der Waals surface area contributed by atoms with Crippen LogP contribution in [0.25, 0.3) is 0 Å². The Kier molecular flexibility index (Phi) is 4.48. The van der Waals surface area contributed by atoms with Crippen molar-refractivity contribution in [1.82, 2.24) is 10.2 Å². The standard InChI is InChI=1S/C13H22N2O3/c1-9(6-8-16)5-7-15-10(2)13(3,4)11(17)14-12(15)18/h8-10H,5-7H2,1-4H3,(H,14,17,18). The van der Waals surface area contributed by atoms with Gasteiger partial charge in [0.05, 0.1) is 5.41 Å². The van der Waals surface area contributed by atoms with Gasteiger partial charge >= 0.3 is 6.03 Å². The Morgan fingerprint density at radius 3 is 2.61 bits per heavy atom. The molecular weight excluding hydrogens is 232 g/mol. The molecule has 0 aromatic heterocycles. The van der Waals surface area contributed by atoms with E-state index in [1.807, 2.05) is 27.7 Å². The summed E-state index contributed by atoms with van der Waals surface area (Å²) >= 11 is 0. The molecule has 1 saturated heterocycles. The van der Waals surface area contributed by atoms with E-state index >= 15 is 0 Å². The average molecular weight is 254 g/mol. The van der Waals surface area contributed by atoms with Crippen molar-refractivity contribution in [3.8, 4) is 0 Å². The van der Waals surface area contributed by atoms with E-state index < -0.39 is 5.41 Å². The Morgan fingerprint density at radius 1 is 1.44 bits per heavy atom. The third-order valence-corrected chi connectivity index (χ3v) is 3.94. The zero-order valence-electron chi connectivity index (χ0n) is 11.5. The van der Waals surface area contributed by atoms with Crippen molar-refractivity contribution in [3.63, 3.8) is 0 Å². The fourth-order valence-corrected chi connectivity index (χ4v) is 2.02. The highest BCUT2D eigenvalue weighted by Gasteiger charge is 2.44. The molecule has 18 heavy (non-hydrogen) atoms. The van der Waals surface area contributed by atoms with E-state index in [2.05, 4.69) is 5.32 Å². The largest absolute Gasteiger partial charge is 0.324 e. The molecule has 3 amide bonds. The van der Waals surface area contributed by atoms with Crippen molar-refractivity contribution in [3.05, 3.63) is 0 Å². The number of rotatable bonds is 5. The molecule has 0 spiro atoms. The molecule has 0 aromatic carbocycles. The van der Waals surface area contributed by atoms with Gasteiger partial charge in [0.1, 0.15) is 6.29 Å². The second-order valence-electron chi connectivity index (χ2n) is 5.65. The third-order valence-electron chi connectivity index (χ3n) is 3.94. The summed E-state index contributed by atoms with van der Waals surface area (Å²) in [6.45, 7) is 8.11. The molecule has 1 heterocycles. The minimum atomic E-state index is -0.582. The predicted octanol–water partition coefficient (Wildman–Crippen LogP) is 1.57. The van der Waals surface area contributed by atoms with Crippen LogP contribution in [0.4, 0.5) is 4.79 Å². The van der Waals surface area contributed by atoms with E-state index in [0.717, 1.165) is 12.7 Å². The quantitative estimate of drug-likeness (QED) is 0.757. The van der Waals surface area contributed by atoms with Gasteiger partial charge < -0.3 is 9.69 Å². The molecule has 1 fully saturated rings. The Balaban J connectivity index is 2.67. The van der Waals surface area contributed by atoms with Gasteiger partial charge in [0.2, 0.25) is 5.91 Å². The van der Waals surface area contributed by atoms with Crippen LogP contribution in [0.15, 0.2) is 0 Å². The SMILES string of the molecule is CC(CC=O)CCN1C(=O)NC(=O)C(C)(C)C1C. The number of hydrogen-bond acceptors (Lipinski definition) is 3. The van der Waals surface area contributed by atoms with Crippen molar-refractivity contribution in [2.24, 2.45) is 11.3 Å². The number of carbonyl (C=O) groups is 3. The number of nitrogens with zero attached hydrogens (tertiary/aromatic N) is 1. The molecule has 1 N–H and O–H groups in total. The molecule has 0 aromatic rings. The van der Waals surface area contributed by atoms with Crippen LogP contribution in [-0.2, 0) is 9.59 Å². The normalized spacial score (nSPS) is 24.7. The van der Waals surface area contributed by atoms with Gasteiger partial charge in [-0.1, -0.05) is 6.92 Å². The minimum absolute atomic E-state index is 0.137. The molecule has 2 unspecified atom stereocenters. The van der Waals surface area contributed by atoms with Crippen LogP contribution in [-0.4, -0.2) is 35.7 Å². The Morgan fingerprint density at radius 2 is 2.06 bits per heavy atom. The molecule has 2 atom stereocenters. The van der Waals surface area contributed by atoms with Crippen LogP contribution in [0.1, 0.15) is 40.5 Å². The molecule has 0 bridgehead atoms. The topological polar surface area (TPSA) is 66.5 Å². The van der Waals surface area contributed by atoms with Crippen LogP contribution < -0.4 is 5.32 Å². The molecule has 5 nitrogen and oxygen atoms in total. The van der Waals surface area contributed by atoms with Crippen LogP contribution in [0.2, 0.25) is 0 Å². The summed E-state index contributed by atoms with van der Waals surface area (Å²) in [6, 6.07) is -0.465. The first-order valence-corrected chi connectivity index (χ1v) is 6.36. The van der Waals surface area contributed by atoms with E-state index in [9.17, 15) is 14.4 Å². The van der Waals surface area contributed by atoms with Gasteiger partial charge in [-0.3, -0.25) is 10.1 Å². The van der Waals surface area contributed by atoms with Crippen molar-refractivity contribution in [2.45, 2.75) is 46.6 Å². The number of carbonyl (C=O) groups excluding carboxylic acids is 3. The summed E-state index contributed by atoms with van der Waals surface area (Å²) in [7, 11) is 0. The highest BCUT2D eigenvalue weighted by atomic mass is 16.2. The maximum absolute atomic E-state index is 11.8. The lowest BCUT2D eigenvalue weighted by Crippen LogP contribution is -2.63. The minimum Gasteiger partial charge on any atom is -0.321 e. The van der Waals surface area contributed by atoms with E-state index in [1.165, 1.54) is 0 Å². The van der Waals surface area contributed by atoms with Crippen molar-refractivity contribution < 1.29 is 14.4 Å². The second-order valence-corrected chi connectivity index (χ2v) is 5.65. The summed E-state index contributed by atoms with van der Waals surface area (Å²) in [5, 5.41) is 2.38. The van der Waals surface area contributed by atoms with Gasteiger partial charge in [-0.05, 0) is 33.1 Å². The lowest BCUT2D eigenvalue weighted by molar-refractivity contribution is -0.133. The second kappa shape index (κ2) is 5.50. The van der Waals surface area contributed by atoms with Gasteiger partial charge in [-0.2, -0.15) is 0 Å². The van der Waals surface area contributed by atoms with Gasteiger partial charge in [0.15, 0.2) is 0 Å². The summed E-state index contributed by atoms with van der Waals surface area (Å²) in [4.78, 5) is 35.6. The Hall–Kier alpha value is -1.39. The summed E-state index contributed by atoms with van der Waals surface area (Å²) in [5.74, 6) is 0.0282. The Labute approximate surface area is 108 Å². The van der Waals surface area contributed by atoms with E-state index in [4.69, 9.17) is 0 Å². The number of hydrogen-bond donors (Lipinski definition) is 1. The maximum atomic E-state index is 11.8. The first-order valence-electron chi connectivity index (χ1n) is 6.36. The average Bonchev–Trinajstić information content (AvgIpc) is 2.27. The monoisotopic (exact) mass is 254 g/mol. The first kappa shape index (κ1) is 14.7. The first-order chi connectivity index (χ1) is 8.30.